The van der Waals surface area contributed by atoms with Gasteiger partial charge in [0.2, 0.25) is 11.8 Å². The van der Waals surface area contributed by atoms with Crippen LogP contribution in [0.2, 0.25) is 0 Å². The topological polar surface area (TPSA) is 52.7 Å². The number of likely N-dealkylation sites (tertiary alicyclic amines) is 2. The summed E-state index contributed by atoms with van der Waals surface area (Å²) in [4.78, 5) is 31.5. The molecule has 3 saturated heterocycles. The number of amides is 2. The van der Waals surface area contributed by atoms with E-state index in [4.69, 9.17) is 0 Å². The number of carbonyl (C=O) groups excluding carboxylic acids is 2. The zero-order valence-electron chi connectivity index (χ0n) is 17.8. The largest absolute Gasteiger partial charge is 0.341 e. The molecular weight excluding hydrogens is 362 g/mol. The zero-order valence-corrected chi connectivity index (χ0v) is 17.8. The average molecular weight is 400 g/mol. The molecule has 7 rings (SSSR count). The van der Waals surface area contributed by atoms with Crippen LogP contribution in [-0.4, -0.2) is 60.4 Å². The van der Waals surface area contributed by atoms with Crippen molar-refractivity contribution < 1.29 is 9.59 Å². The van der Waals surface area contributed by atoms with Gasteiger partial charge in [-0.05, 0) is 100 Å². The van der Waals surface area contributed by atoms with Crippen LogP contribution in [-0.2, 0) is 9.59 Å². The second-order valence-corrected chi connectivity index (χ2v) is 11.6. The smallest absolute Gasteiger partial charge is 0.245 e. The molecule has 0 radical (unpaired) electrons. The minimum atomic E-state index is -0.175. The normalized spacial score (nSPS) is 42.8. The van der Waals surface area contributed by atoms with E-state index in [1.165, 1.54) is 25.7 Å². The molecule has 3 heterocycles. The second-order valence-electron chi connectivity index (χ2n) is 11.6. The molecule has 5 heteroatoms. The van der Waals surface area contributed by atoms with Crippen LogP contribution >= 0.6 is 0 Å². The van der Waals surface area contributed by atoms with Gasteiger partial charge in [0, 0.05) is 26.2 Å². The maximum atomic E-state index is 13.8. The molecule has 1 atom stereocenters. The third-order valence-corrected chi connectivity index (χ3v) is 9.76. The summed E-state index contributed by atoms with van der Waals surface area (Å²) in [6, 6.07) is -0.175. The molecular formula is C24H37N3O2. The van der Waals surface area contributed by atoms with E-state index < -0.39 is 0 Å². The van der Waals surface area contributed by atoms with Crippen LogP contribution in [0.1, 0.15) is 70.6 Å². The lowest BCUT2D eigenvalue weighted by Gasteiger charge is -2.56. The first kappa shape index (κ1) is 18.7. The van der Waals surface area contributed by atoms with Crippen molar-refractivity contribution in [3.8, 4) is 0 Å². The summed E-state index contributed by atoms with van der Waals surface area (Å²) < 4.78 is 0. The third-order valence-electron chi connectivity index (χ3n) is 9.76. The van der Waals surface area contributed by atoms with Gasteiger partial charge < -0.3 is 15.1 Å². The molecule has 4 saturated carbocycles. The van der Waals surface area contributed by atoms with Crippen molar-refractivity contribution in [2.45, 2.75) is 76.7 Å². The maximum absolute atomic E-state index is 13.8. The predicted molar refractivity (Wildman–Crippen MR) is 111 cm³/mol. The quantitative estimate of drug-likeness (QED) is 0.777. The van der Waals surface area contributed by atoms with Crippen molar-refractivity contribution >= 4 is 11.8 Å². The van der Waals surface area contributed by atoms with Crippen LogP contribution in [0.15, 0.2) is 0 Å². The van der Waals surface area contributed by atoms with Crippen LogP contribution in [0.25, 0.3) is 0 Å². The van der Waals surface area contributed by atoms with E-state index in [1.54, 1.807) is 0 Å². The molecule has 4 aliphatic carbocycles. The Morgan fingerprint density at radius 2 is 1.52 bits per heavy atom. The molecule has 7 fully saturated rings. The first-order valence-corrected chi connectivity index (χ1v) is 12.4. The SMILES string of the molecule is O=C(C1CCCN1C(=O)C12CC3CC(CC(C3)C1)C2)N1CCC2(CCNC2)CC1. The van der Waals surface area contributed by atoms with E-state index in [2.05, 4.69) is 15.1 Å². The van der Waals surface area contributed by atoms with E-state index in [9.17, 15) is 9.59 Å². The minimum Gasteiger partial charge on any atom is -0.341 e. The number of hydrogen-bond donors (Lipinski definition) is 1. The minimum absolute atomic E-state index is 0.112. The number of nitrogens with one attached hydrogen (secondary N) is 1. The Kier molecular flexibility index (Phi) is 4.31. The highest BCUT2D eigenvalue weighted by atomic mass is 16.2. The lowest BCUT2D eigenvalue weighted by molar-refractivity contribution is -0.162. The summed E-state index contributed by atoms with van der Waals surface area (Å²) >= 11 is 0. The Morgan fingerprint density at radius 1 is 0.862 bits per heavy atom. The van der Waals surface area contributed by atoms with E-state index in [0.717, 1.165) is 95.4 Å². The van der Waals surface area contributed by atoms with Gasteiger partial charge in [-0.1, -0.05) is 0 Å². The van der Waals surface area contributed by atoms with Crippen molar-refractivity contribution in [3.63, 3.8) is 0 Å². The summed E-state index contributed by atoms with van der Waals surface area (Å²) in [5.74, 6) is 2.95. The molecule has 1 unspecified atom stereocenters. The van der Waals surface area contributed by atoms with Crippen LogP contribution < -0.4 is 5.32 Å². The molecule has 0 aromatic carbocycles. The molecule has 4 bridgehead atoms. The fourth-order valence-corrected chi connectivity index (χ4v) is 8.58. The van der Waals surface area contributed by atoms with Crippen molar-refractivity contribution in [2.24, 2.45) is 28.6 Å². The fourth-order valence-electron chi connectivity index (χ4n) is 8.58. The standard InChI is InChI=1S/C24H37N3O2/c28-21(26-8-4-23(5-9-26)3-6-25-16-23)20-2-1-7-27(20)22(29)24-13-17-10-18(14-24)12-19(11-17)15-24/h17-20,25H,1-16H2. The van der Waals surface area contributed by atoms with Crippen LogP contribution in [0.5, 0.6) is 0 Å². The number of rotatable bonds is 2. The van der Waals surface area contributed by atoms with Gasteiger partial charge in [0.05, 0.1) is 5.41 Å². The highest BCUT2D eigenvalue weighted by Crippen LogP contribution is 2.60. The van der Waals surface area contributed by atoms with E-state index in [0.29, 0.717) is 11.3 Å². The Balaban J connectivity index is 1.15. The van der Waals surface area contributed by atoms with Gasteiger partial charge in [0.15, 0.2) is 0 Å². The molecule has 5 nitrogen and oxygen atoms in total. The maximum Gasteiger partial charge on any atom is 0.245 e. The second kappa shape index (κ2) is 6.70. The van der Waals surface area contributed by atoms with Gasteiger partial charge >= 0.3 is 0 Å². The van der Waals surface area contributed by atoms with Crippen molar-refractivity contribution in [3.05, 3.63) is 0 Å². The Labute approximate surface area is 174 Å². The van der Waals surface area contributed by atoms with Gasteiger partial charge in [0.25, 0.3) is 0 Å². The highest BCUT2D eigenvalue weighted by Gasteiger charge is 2.57. The van der Waals surface area contributed by atoms with Gasteiger partial charge in [-0.2, -0.15) is 0 Å². The first-order chi connectivity index (χ1) is 14.1. The van der Waals surface area contributed by atoms with Gasteiger partial charge in [-0.25, -0.2) is 0 Å². The number of carbonyl (C=O) groups is 2. The highest BCUT2D eigenvalue weighted by molar-refractivity contribution is 5.91. The molecule has 1 N–H and O–H groups in total. The summed E-state index contributed by atoms with van der Waals surface area (Å²) in [5, 5.41) is 3.51. The Morgan fingerprint density at radius 3 is 2.10 bits per heavy atom. The van der Waals surface area contributed by atoms with E-state index in [1.807, 2.05) is 0 Å². The van der Waals surface area contributed by atoms with Crippen LogP contribution in [0.3, 0.4) is 0 Å². The predicted octanol–water partition coefficient (Wildman–Crippen LogP) is 2.80. The molecule has 2 amide bonds. The molecule has 0 aromatic heterocycles. The van der Waals surface area contributed by atoms with E-state index in [-0.39, 0.29) is 17.4 Å². The zero-order chi connectivity index (χ0) is 19.6. The Hall–Kier alpha value is -1.10. The Bertz CT molecular complexity index is 653. The van der Waals surface area contributed by atoms with Gasteiger partial charge in [-0.15, -0.1) is 0 Å². The summed E-state index contributed by atoms with van der Waals surface area (Å²) in [5.41, 5.74) is 0.320. The average Bonchev–Trinajstić information content (AvgIpc) is 3.36. The first-order valence-electron chi connectivity index (χ1n) is 12.4. The lowest BCUT2D eigenvalue weighted by atomic mass is 9.49. The van der Waals surface area contributed by atoms with Crippen molar-refractivity contribution in [1.82, 2.24) is 15.1 Å². The monoisotopic (exact) mass is 399 g/mol. The molecule has 0 aromatic rings. The molecule has 29 heavy (non-hydrogen) atoms. The number of hydrogen-bond acceptors (Lipinski definition) is 3. The third kappa shape index (κ3) is 2.97. The van der Waals surface area contributed by atoms with Crippen LogP contribution in [0.4, 0.5) is 0 Å². The lowest BCUT2D eigenvalue weighted by Crippen LogP contribution is -2.58. The number of piperidine rings is 1. The molecule has 160 valence electrons. The van der Waals surface area contributed by atoms with E-state index >= 15 is 0 Å². The molecule has 1 spiro atoms. The number of nitrogens with zero attached hydrogens (tertiary/aromatic N) is 2. The fraction of sp³-hybridized carbons (Fsp3) is 0.917. The summed E-state index contributed by atoms with van der Waals surface area (Å²) in [6.07, 6.45) is 12.8. The summed E-state index contributed by atoms with van der Waals surface area (Å²) in [7, 11) is 0. The van der Waals surface area contributed by atoms with Gasteiger partial charge in [0.1, 0.15) is 6.04 Å². The van der Waals surface area contributed by atoms with Crippen LogP contribution in [0, 0.1) is 28.6 Å². The molecule has 7 aliphatic rings. The van der Waals surface area contributed by atoms with Gasteiger partial charge in [-0.3, -0.25) is 9.59 Å². The molecule has 3 aliphatic heterocycles. The van der Waals surface area contributed by atoms with Crippen molar-refractivity contribution in [1.29, 1.82) is 0 Å². The summed E-state index contributed by atoms with van der Waals surface area (Å²) in [6.45, 7) is 4.82. The van der Waals surface area contributed by atoms with Crippen molar-refractivity contribution in [2.75, 3.05) is 32.7 Å².